The lowest BCUT2D eigenvalue weighted by Gasteiger charge is -2.32. The molecule has 0 spiro atoms. The summed E-state index contributed by atoms with van der Waals surface area (Å²) in [5.74, 6) is 0.229. The summed E-state index contributed by atoms with van der Waals surface area (Å²) in [5.41, 5.74) is 0.478. The average Bonchev–Trinajstić information content (AvgIpc) is 3.33. The number of amides is 1. The lowest BCUT2D eigenvalue weighted by Crippen LogP contribution is -2.53. The summed E-state index contributed by atoms with van der Waals surface area (Å²) < 4.78 is 27.8. The third-order valence-electron chi connectivity index (χ3n) is 8.71. The Bertz CT molecular complexity index is 1160. The highest BCUT2D eigenvalue weighted by atomic mass is 32.2. The van der Waals surface area contributed by atoms with Gasteiger partial charge in [0.25, 0.3) is 0 Å². The van der Waals surface area contributed by atoms with Gasteiger partial charge in [-0.05, 0) is 37.2 Å². The molecule has 2 N–H and O–H groups in total. The minimum absolute atomic E-state index is 0.101. The standard InChI is InChI=1S/C28H39N5O3S/c29-19-28(15-16-33(20-28)23-12-5-2-6-13-23)31-27(34)25(17-21-9-3-1-4-10-21)30-26-24-14-8-7-11-22(24)18-37(35,36)32-26/h7-8,11,14,21,23,25H,1-6,9-10,12-13,15-18,20H2,(H,30,32)(H,31,34)/t25-,28?/m0/s1. The summed E-state index contributed by atoms with van der Waals surface area (Å²) in [5, 5.41) is 13.3. The molecule has 2 atom stereocenters. The van der Waals surface area contributed by atoms with Crippen LogP contribution in [0.1, 0.15) is 88.2 Å². The predicted octanol–water partition coefficient (Wildman–Crippen LogP) is 3.62. The van der Waals surface area contributed by atoms with Gasteiger partial charge in [-0.3, -0.25) is 19.4 Å². The van der Waals surface area contributed by atoms with Crippen LogP contribution in [0.5, 0.6) is 0 Å². The molecule has 4 aliphatic rings. The van der Waals surface area contributed by atoms with Crippen molar-refractivity contribution in [1.29, 1.82) is 5.26 Å². The van der Waals surface area contributed by atoms with Crippen molar-refractivity contribution >= 4 is 21.8 Å². The molecule has 2 saturated carbocycles. The van der Waals surface area contributed by atoms with E-state index in [9.17, 15) is 18.5 Å². The van der Waals surface area contributed by atoms with Crippen molar-refractivity contribution in [2.24, 2.45) is 10.9 Å². The highest BCUT2D eigenvalue weighted by Gasteiger charge is 2.43. The molecule has 8 nitrogen and oxygen atoms in total. The van der Waals surface area contributed by atoms with Gasteiger partial charge in [0.15, 0.2) is 0 Å². The van der Waals surface area contributed by atoms with E-state index < -0.39 is 21.6 Å². The first kappa shape index (κ1) is 26.2. The third-order valence-corrected chi connectivity index (χ3v) is 9.90. The van der Waals surface area contributed by atoms with Crippen LogP contribution in [0.3, 0.4) is 0 Å². The molecule has 0 radical (unpaired) electrons. The van der Waals surface area contributed by atoms with E-state index in [4.69, 9.17) is 4.99 Å². The Kier molecular flexibility index (Phi) is 7.87. The maximum absolute atomic E-state index is 13.8. The van der Waals surface area contributed by atoms with Gasteiger partial charge < -0.3 is 5.32 Å². The molecule has 1 amide bonds. The van der Waals surface area contributed by atoms with E-state index in [1.807, 2.05) is 18.2 Å². The van der Waals surface area contributed by atoms with E-state index in [1.54, 1.807) is 6.07 Å². The number of sulfonamides is 1. The number of aliphatic imine (C=N–C) groups is 1. The van der Waals surface area contributed by atoms with Gasteiger partial charge in [0, 0.05) is 24.7 Å². The number of fused-ring (bicyclic) bond motifs is 1. The molecule has 3 fully saturated rings. The number of carbonyl (C=O) groups excluding carboxylic acids is 1. The number of likely N-dealkylation sites (tertiary alicyclic amines) is 1. The second-order valence-corrected chi connectivity index (χ2v) is 13.2. The molecular formula is C28H39N5O3S. The van der Waals surface area contributed by atoms with E-state index >= 15 is 0 Å². The second-order valence-electron chi connectivity index (χ2n) is 11.4. The number of hydrogen-bond donors (Lipinski definition) is 2. The van der Waals surface area contributed by atoms with Crippen molar-refractivity contribution in [3.8, 4) is 6.07 Å². The number of hydrogen-bond acceptors (Lipinski definition) is 6. The van der Waals surface area contributed by atoms with Gasteiger partial charge >= 0.3 is 0 Å². The highest BCUT2D eigenvalue weighted by Crippen LogP contribution is 2.32. The Labute approximate surface area is 221 Å². The largest absolute Gasteiger partial charge is 0.335 e. The van der Waals surface area contributed by atoms with E-state index in [0.29, 0.717) is 36.9 Å². The maximum Gasteiger partial charge on any atom is 0.246 e. The zero-order valence-corrected chi connectivity index (χ0v) is 22.4. The van der Waals surface area contributed by atoms with Crippen LogP contribution < -0.4 is 10.0 Å². The maximum atomic E-state index is 13.8. The Morgan fingerprint density at radius 2 is 1.84 bits per heavy atom. The fraction of sp³-hybridized carbons (Fsp3) is 0.679. The van der Waals surface area contributed by atoms with Gasteiger partial charge in [0.2, 0.25) is 15.9 Å². The van der Waals surface area contributed by atoms with Crippen LogP contribution in [0, 0.1) is 17.2 Å². The van der Waals surface area contributed by atoms with Crippen LogP contribution in [-0.4, -0.2) is 55.8 Å². The van der Waals surface area contributed by atoms with Crippen LogP contribution >= 0.6 is 0 Å². The zero-order valence-electron chi connectivity index (χ0n) is 21.6. The number of amidine groups is 1. The van der Waals surface area contributed by atoms with E-state index in [-0.39, 0.29) is 17.5 Å². The second kappa shape index (κ2) is 11.1. The number of benzene rings is 1. The summed E-state index contributed by atoms with van der Waals surface area (Å²) in [7, 11) is -3.58. The van der Waals surface area contributed by atoms with Crippen molar-refractivity contribution in [3.05, 3.63) is 35.4 Å². The fourth-order valence-electron chi connectivity index (χ4n) is 6.67. The molecule has 0 bridgehead atoms. The van der Waals surface area contributed by atoms with Gasteiger partial charge in [-0.25, -0.2) is 8.42 Å². The van der Waals surface area contributed by atoms with E-state index in [1.165, 1.54) is 25.7 Å². The molecule has 5 rings (SSSR count). The Morgan fingerprint density at radius 1 is 1.14 bits per heavy atom. The van der Waals surface area contributed by atoms with Gasteiger partial charge in [-0.15, -0.1) is 0 Å². The molecule has 2 heterocycles. The summed E-state index contributed by atoms with van der Waals surface area (Å²) in [4.78, 5) is 21.0. The van der Waals surface area contributed by atoms with E-state index in [0.717, 1.165) is 50.6 Å². The summed E-state index contributed by atoms with van der Waals surface area (Å²) in [6.45, 7) is 1.36. The van der Waals surface area contributed by atoms with Crippen LogP contribution in [0.4, 0.5) is 0 Å². The number of nitrogens with zero attached hydrogens (tertiary/aromatic N) is 3. The molecule has 2 aliphatic carbocycles. The first-order valence-corrected chi connectivity index (χ1v) is 15.7. The summed E-state index contributed by atoms with van der Waals surface area (Å²) >= 11 is 0. The van der Waals surface area contributed by atoms with Crippen molar-refractivity contribution in [3.63, 3.8) is 0 Å². The fourth-order valence-corrected chi connectivity index (χ4v) is 7.86. The van der Waals surface area contributed by atoms with Crippen molar-refractivity contribution in [2.75, 3.05) is 13.1 Å². The number of nitriles is 1. The smallest absolute Gasteiger partial charge is 0.246 e. The van der Waals surface area contributed by atoms with Crippen LogP contribution in [0.2, 0.25) is 0 Å². The molecule has 1 saturated heterocycles. The Balaban J connectivity index is 1.39. The average molecular weight is 526 g/mol. The van der Waals surface area contributed by atoms with Crippen LogP contribution in [0.15, 0.2) is 29.3 Å². The van der Waals surface area contributed by atoms with Crippen molar-refractivity contribution in [2.45, 2.75) is 100 Å². The molecule has 200 valence electrons. The monoisotopic (exact) mass is 525 g/mol. The lowest BCUT2D eigenvalue weighted by molar-refractivity contribution is -0.124. The molecule has 2 aliphatic heterocycles. The molecule has 0 aromatic heterocycles. The molecule has 1 unspecified atom stereocenters. The SMILES string of the molecule is N#CC1(NC(=O)[C@H](CC2CCCCC2)N=C2NS(=O)(=O)Cc3ccccc32)CCN(C2CCCCC2)C1. The highest BCUT2D eigenvalue weighted by molar-refractivity contribution is 7.89. The minimum Gasteiger partial charge on any atom is -0.335 e. The van der Waals surface area contributed by atoms with Crippen LogP contribution in [0.25, 0.3) is 0 Å². The summed E-state index contributed by atoms with van der Waals surface area (Å²) in [6.07, 6.45) is 12.8. The number of nitrogens with one attached hydrogen (secondary N) is 2. The van der Waals surface area contributed by atoms with E-state index in [2.05, 4.69) is 21.0 Å². The Morgan fingerprint density at radius 3 is 2.57 bits per heavy atom. The van der Waals surface area contributed by atoms with Gasteiger partial charge in [0.1, 0.15) is 17.4 Å². The predicted molar refractivity (Wildman–Crippen MR) is 143 cm³/mol. The normalized spacial score (nSPS) is 28.7. The summed E-state index contributed by atoms with van der Waals surface area (Å²) in [6, 6.07) is 9.49. The quantitative estimate of drug-likeness (QED) is 0.589. The van der Waals surface area contributed by atoms with Gasteiger partial charge in [0.05, 0.1) is 11.8 Å². The zero-order chi connectivity index (χ0) is 25.9. The lowest BCUT2D eigenvalue weighted by atomic mass is 9.84. The first-order chi connectivity index (χ1) is 17.9. The minimum atomic E-state index is -3.58. The Hall–Kier alpha value is -2.44. The van der Waals surface area contributed by atoms with Crippen molar-refractivity contribution in [1.82, 2.24) is 14.9 Å². The number of rotatable bonds is 6. The molecule has 37 heavy (non-hydrogen) atoms. The van der Waals surface area contributed by atoms with Crippen LogP contribution in [-0.2, 0) is 20.6 Å². The molecule has 1 aromatic carbocycles. The van der Waals surface area contributed by atoms with Crippen molar-refractivity contribution < 1.29 is 13.2 Å². The molecule has 9 heteroatoms. The number of carbonyl (C=O) groups is 1. The third kappa shape index (κ3) is 6.18. The molecule has 1 aromatic rings. The first-order valence-electron chi connectivity index (χ1n) is 14.0. The van der Waals surface area contributed by atoms with Gasteiger partial charge in [-0.1, -0.05) is 75.6 Å². The topological polar surface area (TPSA) is 115 Å². The molecular weight excluding hydrogens is 486 g/mol. The van der Waals surface area contributed by atoms with Gasteiger partial charge in [-0.2, -0.15) is 5.26 Å².